The van der Waals surface area contributed by atoms with Crippen molar-refractivity contribution in [1.29, 1.82) is 0 Å². The molecule has 0 aliphatic carbocycles. The molecule has 1 aromatic carbocycles. The van der Waals surface area contributed by atoms with Gasteiger partial charge in [0.05, 0.1) is 0 Å². The molecule has 2 aliphatic rings. The monoisotopic (exact) mass is 340 g/mol. The molecule has 6 heteroatoms. The van der Waals surface area contributed by atoms with Gasteiger partial charge in [-0.05, 0) is 42.3 Å². The van der Waals surface area contributed by atoms with E-state index in [1.165, 1.54) is 0 Å². The Labute approximate surface area is 147 Å². The smallest absolute Gasteiger partial charge is 0.253 e. The molecule has 0 spiro atoms. The quantitative estimate of drug-likeness (QED) is 0.890. The normalized spacial score (nSPS) is 23.8. The van der Waals surface area contributed by atoms with Crippen LogP contribution in [-0.2, 0) is 4.79 Å². The first-order valence-corrected chi connectivity index (χ1v) is 9.03. The Morgan fingerprint density at radius 1 is 1.28 bits per heavy atom. The summed E-state index contributed by atoms with van der Waals surface area (Å²) in [4.78, 5) is 32.1. The maximum absolute atomic E-state index is 12.9. The number of amides is 2. The van der Waals surface area contributed by atoms with Gasteiger partial charge in [0.15, 0.2) is 0 Å². The molecule has 3 heterocycles. The number of hydrogen-bond donors (Lipinski definition) is 2. The molecule has 4 rings (SSSR count). The van der Waals surface area contributed by atoms with E-state index in [-0.39, 0.29) is 17.9 Å². The summed E-state index contributed by atoms with van der Waals surface area (Å²) in [7, 11) is 0. The van der Waals surface area contributed by atoms with Gasteiger partial charge in [-0.2, -0.15) is 0 Å². The lowest BCUT2D eigenvalue weighted by molar-refractivity contribution is -0.140. The van der Waals surface area contributed by atoms with E-state index in [2.05, 4.69) is 4.98 Å². The van der Waals surface area contributed by atoms with E-state index in [4.69, 9.17) is 5.73 Å². The average molecular weight is 340 g/mol. The Kier molecular flexibility index (Phi) is 4.21. The van der Waals surface area contributed by atoms with Gasteiger partial charge >= 0.3 is 0 Å². The van der Waals surface area contributed by atoms with Crippen LogP contribution < -0.4 is 5.73 Å². The lowest BCUT2D eigenvalue weighted by Crippen LogP contribution is -2.57. The van der Waals surface area contributed by atoms with Crippen molar-refractivity contribution < 1.29 is 9.59 Å². The van der Waals surface area contributed by atoms with Crippen molar-refractivity contribution in [2.75, 3.05) is 26.2 Å². The van der Waals surface area contributed by atoms with Crippen molar-refractivity contribution in [2.45, 2.75) is 25.3 Å². The molecule has 2 amide bonds. The summed E-state index contributed by atoms with van der Waals surface area (Å²) in [6.07, 6.45) is 4.16. The van der Waals surface area contributed by atoms with Crippen LogP contribution in [0.4, 0.5) is 0 Å². The summed E-state index contributed by atoms with van der Waals surface area (Å²) < 4.78 is 0. The van der Waals surface area contributed by atoms with E-state index in [1.54, 1.807) is 0 Å². The second-order valence-corrected chi connectivity index (χ2v) is 7.06. The van der Waals surface area contributed by atoms with E-state index >= 15 is 0 Å². The number of carbonyl (C=O) groups is 2. The molecule has 0 bridgehead atoms. The topological polar surface area (TPSA) is 82.4 Å². The van der Waals surface area contributed by atoms with Gasteiger partial charge in [-0.25, -0.2) is 0 Å². The maximum atomic E-state index is 12.9. The number of rotatable bonds is 3. The summed E-state index contributed by atoms with van der Waals surface area (Å²) in [5.41, 5.74) is 7.38. The summed E-state index contributed by atoms with van der Waals surface area (Å²) in [5, 5.41) is 1.11. The van der Waals surface area contributed by atoms with Crippen LogP contribution in [0.2, 0.25) is 0 Å². The minimum atomic E-state index is 0.0808. The van der Waals surface area contributed by atoms with Crippen LogP contribution in [0, 0.1) is 5.92 Å². The van der Waals surface area contributed by atoms with Crippen LogP contribution in [0.5, 0.6) is 0 Å². The van der Waals surface area contributed by atoms with Crippen molar-refractivity contribution >= 4 is 22.7 Å². The van der Waals surface area contributed by atoms with Crippen molar-refractivity contribution in [3.05, 3.63) is 36.0 Å². The molecule has 2 atom stereocenters. The van der Waals surface area contributed by atoms with E-state index in [9.17, 15) is 9.59 Å². The predicted molar refractivity (Wildman–Crippen MR) is 96.1 cm³/mol. The van der Waals surface area contributed by atoms with Crippen molar-refractivity contribution in [3.63, 3.8) is 0 Å². The molecule has 2 fully saturated rings. The molecule has 6 nitrogen and oxygen atoms in total. The number of nitrogens with two attached hydrogens (primary N) is 1. The summed E-state index contributed by atoms with van der Waals surface area (Å²) in [5.74, 6) is 0.650. The number of fused-ring (bicyclic) bond motifs is 2. The minimum Gasteiger partial charge on any atom is -0.361 e. The molecule has 0 saturated carbocycles. The summed E-state index contributed by atoms with van der Waals surface area (Å²) >= 11 is 0. The molecule has 2 aliphatic heterocycles. The highest BCUT2D eigenvalue weighted by atomic mass is 16.2. The van der Waals surface area contributed by atoms with Gasteiger partial charge in [0.1, 0.15) is 0 Å². The first-order chi connectivity index (χ1) is 12.2. The van der Waals surface area contributed by atoms with E-state index in [0.29, 0.717) is 32.0 Å². The lowest BCUT2D eigenvalue weighted by atomic mass is 9.83. The fourth-order valence-corrected chi connectivity index (χ4v) is 4.33. The third-order valence-electron chi connectivity index (χ3n) is 5.60. The molecule has 2 aromatic rings. The fourth-order valence-electron chi connectivity index (χ4n) is 4.33. The predicted octanol–water partition coefficient (Wildman–Crippen LogP) is 1.58. The first kappa shape index (κ1) is 16.1. The number of likely N-dealkylation sites (tertiary alicyclic amines) is 2. The standard InChI is InChI=1S/C19H24N4O2/c20-7-10-23-17-6-9-22(12-15(17)3-4-18(23)24)19(25)14-2-1-13-5-8-21-16(13)11-14/h1-2,5,8,11,15,17,21H,3-4,6-7,9-10,12,20H2/t15-,17+/m0/s1. The number of carbonyl (C=O) groups excluding carboxylic acids is 2. The van der Waals surface area contributed by atoms with Crippen molar-refractivity contribution in [1.82, 2.24) is 14.8 Å². The van der Waals surface area contributed by atoms with Gasteiger partial charge in [0.2, 0.25) is 5.91 Å². The van der Waals surface area contributed by atoms with Gasteiger partial charge in [-0.3, -0.25) is 9.59 Å². The number of benzene rings is 1. The summed E-state index contributed by atoms with van der Waals surface area (Å²) in [6, 6.07) is 8.04. The Hall–Kier alpha value is -2.34. The third kappa shape index (κ3) is 2.91. The van der Waals surface area contributed by atoms with Crippen LogP contribution in [0.1, 0.15) is 29.6 Å². The van der Waals surface area contributed by atoms with E-state index in [0.717, 1.165) is 35.9 Å². The van der Waals surface area contributed by atoms with Crippen LogP contribution in [0.15, 0.2) is 30.5 Å². The average Bonchev–Trinajstić information content (AvgIpc) is 3.11. The summed E-state index contributed by atoms with van der Waals surface area (Å²) in [6.45, 7) is 2.53. The maximum Gasteiger partial charge on any atom is 0.253 e. The van der Waals surface area contributed by atoms with Crippen molar-refractivity contribution in [3.8, 4) is 0 Å². The minimum absolute atomic E-state index is 0.0808. The van der Waals surface area contributed by atoms with Crippen LogP contribution in [0.25, 0.3) is 10.9 Å². The van der Waals surface area contributed by atoms with Gasteiger partial charge in [-0.1, -0.05) is 6.07 Å². The van der Waals surface area contributed by atoms with Gasteiger partial charge in [0.25, 0.3) is 5.91 Å². The van der Waals surface area contributed by atoms with Gasteiger partial charge in [0, 0.05) is 55.9 Å². The van der Waals surface area contributed by atoms with Crippen molar-refractivity contribution in [2.24, 2.45) is 11.7 Å². The molecule has 0 unspecified atom stereocenters. The largest absolute Gasteiger partial charge is 0.361 e. The SMILES string of the molecule is NCCN1C(=O)CC[C@H]2CN(C(=O)c3ccc4cc[nH]c4c3)CC[C@H]21. The van der Waals surface area contributed by atoms with Crippen LogP contribution >= 0.6 is 0 Å². The number of nitrogens with zero attached hydrogens (tertiary/aromatic N) is 2. The fraction of sp³-hybridized carbons (Fsp3) is 0.474. The molecule has 132 valence electrons. The molecule has 2 saturated heterocycles. The third-order valence-corrected chi connectivity index (χ3v) is 5.60. The Morgan fingerprint density at radius 2 is 2.16 bits per heavy atom. The molecular weight excluding hydrogens is 316 g/mol. The Balaban J connectivity index is 1.49. The van der Waals surface area contributed by atoms with Crippen LogP contribution in [0.3, 0.4) is 0 Å². The second kappa shape index (κ2) is 6.52. The molecule has 25 heavy (non-hydrogen) atoms. The number of nitrogens with one attached hydrogen (secondary N) is 1. The van der Waals surface area contributed by atoms with E-state index < -0.39 is 0 Å². The van der Waals surface area contributed by atoms with Gasteiger partial charge in [-0.15, -0.1) is 0 Å². The zero-order valence-electron chi connectivity index (χ0n) is 14.3. The molecule has 0 radical (unpaired) electrons. The number of H-pyrrole nitrogens is 1. The Bertz CT molecular complexity index is 800. The number of aromatic nitrogens is 1. The highest BCUT2D eigenvalue weighted by Gasteiger charge is 2.40. The highest BCUT2D eigenvalue weighted by molar-refractivity contribution is 5.98. The number of hydrogen-bond acceptors (Lipinski definition) is 3. The van der Waals surface area contributed by atoms with Crippen LogP contribution in [-0.4, -0.2) is 58.8 Å². The molecule has 1 aromatic heterocycles. The molecule has 3 N–H and O–H groups in total. The molecular formula is C19H24N4O2. The number of aromatic amines is 1. The lowest BCUT2D eigenvalue weighted by Gasteiger charge is -2.47. The van der Waals surface area contributed by atoms with E-state index in [1.807, 2.05) is 40.3 Å². The zero-order chi connectivity index (χ0) is 17.4. The second-order valence-electron chi connectivity index (χ2n) is 7.06. The van der Waals surface area contributed by atoms with Gasteiger partial charge < -0.3 is 20.5 Å². The zero-order valence-corrected chi connectivity index (χ0v) is 14.3. The first-order valence-electron chi connectivity index (χ1n) is 9.03. The highest BCUT2D eigenvalue weighted by Crippen LogP contribution is 2.31. The number of piperidine rings is 2. The Morgan fingerprint density at radius 3 is 3.00 bits per heavy atom.